The molecule has 2 rings (SSSR count). The highest BCUT2D eigenvalue weighted by atomic mass is 127. The highest BCUT2D eigenvalue weighted by molar-refractivity contribution is 14.0. The van der Waals surface area contributed by atoms with E-state index in [0.29, 0.717) is 0 Å². The molecule has 0 aliphatic carbocycles. The van der Waals surface area contributed by atoms with Crippen molar-refractivity contribution in [3.8, 4) is 0 Å². The molecule has 0 radical (unpaired) electrons. The van der Waals surface area contributed by atoms with E-state index in [1.807, 2.05) is 6.07 Å². The monoisotopic (exact) mass is 531 g/mol. The molecule has 0 bridgehead atoms. The molecule has 1 saturated heterocycles. The molecule has 1 fully saturated rings. The number of likely N-dealkylation sites (N-methyl/N-ethyl adjacent to an activating group) is 1. The average molecular weight is 532 g/mol. The van der Waals surface area contributed by atoms with Gasteiger partial charge in [-0.25, -0.2) is 0 Å². The van der Waals surface area contributed by atoms with Crippen LogP contribution < -0.4 is 10.6 Å². The van der Waals surface area contributed by atoms with E-state index in [9.17, 15) is 0 Å². The Balaban J connectivity index is 0.00000450. The lowest BCUT2D eigenvalue weighted by Crippen LogP contribution is -2.39. The first-order valence-electron chi connectivity index (χ1n) is 11.3. The third-order valence-electron chi connectivity index (χ3n) is 5.31. The number of hydrogen-bond acceptors (Lipinski definition) is 4. The molecule has 2 N–H and O–H groups in total. The van der Waals surface area contributed by atoms with Crippen molar-refractivity contribution in [1.29, 1.82) is 0 Å². The number of nitrogens with zero attached hydrogens (tertiary/aromatic N) is 3. The van der Waals surface area contributed by atoms with Crippen LogP contribution in [0.3, 0.4) is 0 Å². The topological polar surface area (TPSA) is 52.1 Å². The van der Waals surface area contributed by atoms with Gasteiger partial charge in [-0.2, -0.15) is 0 Å². The van der Waals surface area contributed by atoms with E-state index in [-0.39, 0.29) is 30.1 Å². The fraction of sp³-hybridized carbons (Fsp3) is 0.696. The van der Waals surface area contributed by atoms with Crippen LogP contribution in [0, 0.1) is 0 Å². The molecule has 1 aliphatic rings. The van der Waals surface area contributed by atoms with Gasteiger partial charge in [0.2, 0.25) is 0 Å². The smallest absolute Gasteiger partial charge is 0.191 e. The number of nitrogens with one attached hydrogen (secondary N) is 2. The van der Waals surface area contributed by atoms with Crippen molar-refractivity contribution in [2.75, 3.05) is 66.0 Å². The third kappa shape index (κ3) is 11.5. The third-order valence-corrected chi connectivity index (χ3v) is 5.31. The SMILES string of the molecule is CCNC(=NCCCOC(C)c1ccccc1)NCCCN1CCCN(C)CC1.I. The van der Waals surface area contributed by atoms with Crippen molar-refractivity contribution in [3.63, 3.8) is 0 Å². The maximum atomic E-state index is 5.93. The Bertz CT molecular complexity index is 572. The van der Waals surface area contributed by atoms with Gasteiger partial charge in [0.05, 0.1) is 6.10 Å². The molecule has 172 valence electrons. The number of aliphatic imine (C=N–C) groups is 1. The molecule has 7 heteroatoms. The van der Waals surface area contributed by atoms with Crippen LogP contribution in [0.2, 0.25) is 0 Å². The van der Waals surface area contributed by atoms with Gasteiger partial charge in [0.1, 0.15) is 0 Å². The second kappa shape index (κ2) is 16.8. The number of ether oxygens (including phenoxy) is 1. The van der Waals surface area contributed by atoms with Gasteiger partial charge in [-0.3, -0.25) is 4.99 Å². The van der Waals surface area contributed by atoms with Crippen LogP contribution in [-0.2, 0) is 4.74 Å². The van der Waals surface area contributed by atoms with E-state index < -0.39 is 0 Å². The minimum Gasteiger partial charge on any atom is -0.374 e. The van der Waals surface area contributed by atoms with E-state index in [4.69, 9.17) is 4.74 Å². The van der Waals surface area contributed by atoms with Crippen LogP contribution in [0.15, 0.2) is 35.3 Å². The van der Waals surface area contributed by atoms with E-state index in [0.717, 1.165) is 51.6 Å². The summed E-state index contributed by atoms with van der Waals surface area (Å²) >= 11 is 0. The van der Waals surface area contributed by atoms with Gasteiger partial charge in [-0.15, -0.1) is 24.0 Å². The number of hydrogen-bond donors (Lipinski definition) is 2. The quantitative estimate of drug-likeness (QED) is 0.199. The minimum absolute atomic E-state index is 0. The maximum absolute atomic E-state index is 5.93. The first-order chi connectivity index (χ1) is 14.2. The van der Waals surface area contributed by atoms with Gasteiger partial charge >= 0.3 is 0 Å². The molecule has 1 atom stereocenters. The highest BCUT2D eigenvalue weighted by Gasteiger charge is 2.11. The molecule has 6 nitrogen and oxygen atoms in total. The predicted molar refractivity (Wildman–Crippen MR) is 138 cm³/mol. The summed E-state index contributed by atoms with van der Waals surface area (Å²) in [7, 11) is 2.22. The predicted octanol–water partition coefficient (Wildman–Crippen LogP) is 3.36. The van der Waals surface area contributed by atoms with Crippen molar-refractivity contribution in [2.24, 2.45) is 4.99 Å². The Morgan fingerprint density at radius 2 is 1.90 bits per heavy atom. The maximum Gasteiger partial charge on any atom is 0.191 e. The van der Waals surface area contributed by atoms with E-state index in [1.165, 1.54) is 38.2 Å². The molecule has 1 aromatic rings. The summed E-state index contributed by atoms with van der Waals surface area (Å²) < 4.78 is 5.93. The standard InChI is InChI=1S/C23H41N5O.HI/c1-4-24-23(25-13-8-16-28-17-10-15-27(3)18-19-28)26-14-9-20-29-21(2)22-11-6-5-7-12-22;/h5-7,11-12,21H,4,8-10,13-20H2,1-3H3,(H2,24,25,26);1H. The second-order valence-electron chi connectivity index (χ2n) is 7.82. The van der Waals surface area contributed by atoms with Crippen LogP contribution in [0.4, 0.5) is 0 Å². The van der Waals surface area contributed by atoms with Gasteiger partial charge in [0, 0.05) is 39.3 Å². The summed E-state index contributed by atoms with van der Waals surface area (Å²) in [4.78, 5) is 9.70. The zero-order valence-corrected chi connectivity index (χ0v) is 21.4. The van der Waals surface area contributed by atoms with Crippen LogP contribution in [0.25, 0.3) is 0 Å². The Hall–Kier alpha value is -0.900. The second-order valence-corrected chi connectivity index (χ2v) is 7.82. The van der Waals surface area contributed by atoms with Gasteiger partial charge < -0.3 is 25.2 Å². The molecular weight excluding hydrogens is 489 g/mol. The van der Waals surface area contributed by atoms with Crippen molar-refractivity contribution >= 4 is 29.9 Å². The van der Waals surface area contributed by atoms with Crippen molar-refractivity contribution in [2.45, 2.75) is 39.2 Å². The summed E-state index contributed by atoms with van der Waals surface area (Å²) in [6.07, 6.45) is 3.48. The van der Waals surface area contributed by atoms with Crippen molar-refractivity contribution in [3.05, 3.63) is 35.9 Å². The zero-order valence-electron chi connectivity index (χ0n) is 19.1. The summed E-state index contributed by atoms with van der Waals surface area (Å²) in [5.41, 5.74) is 1.22. The lowest BCUT2D eigenvalue weighted by molar-refractivity contribution is 0.0652. The molecule has 0 amide bonds. The van der Waals surface area contributed by atoms with Crippen molar-refractivity contribution < 1.29 is 4.74 Å². The summed E-state index contributed by atoms with van der Waals surface area (Å²) in [6.45, 7) is 13.5. The normalized spacial score (nSPS) is 17.1. The fourth-order valence-electron chi connectivity index (χ4n) is 3.51. The lowest BCUT2D eigenvalue weighted by atomic mass is 10.1. The Labute approximate surface area is 200 Å². The van der Waals surface area contributed by atoms with Crippen LogP contribution in [0.1, 0.15) is 44.8 Å². The number of guanidine groups is 1. The molecule has 0 spiro atoms. The van der Waals surface area contributed by atoms with Crippen LogP contribution in [-0.4, -0.2) is 81.8 Å². The first kappa shape index (κ1) is 27.1. The average Bonchev–Trinajstić information content (AvgIpc) is 2.95. The Kier molecular flexibility index (Phi) is 15.2. The summed E-state index contributed by atoms with van der Waals surface area (Å²) in [5, 5.41) is 6.81. The van der Waals surface area contributed by atoms with E-state index in [2.05, 4.69) is 70.6 Å². The van der Waals surface area contributed by atoms with E-state index in [1.54, 1.807) is 0 Å². The first-order valence-corrected chi connectivity index (χ1v) is 11.3. The number of halogens is 1. The molecule has 0 aromatic heterocycles. The summed E-state index contributed by atoms with van der Waals surface area (Å²) in [5.74, 6) is 0.916. The Morgan fingerprint density at radius 3 is 2.67 bits per heavy atom. The highest BCUT2D eigenvalue weighted by Crippen LogP contribution is 2.15. The van der Waals surface area contributed by atoms with Crippen molar-refractivity contribution in [1.82, 2.24) is 20.4 Å². The molecule has 30 heavy (non-hydrogen) atoms. The van der Waals surface area contributed by atoms with Gasteiger partial charge in [-0.05, 0) is 65.4 Å². The molecule has 1 aliphatic heterocycles. The molecule has 1 unspecified atom stereocenters. The van der Waals surface area contributed by atoms with Gasteiger partial charge in [0.15, 0.2) is 5.96 Å². The molecular formula is C23H42IN5O. The molecule has 0 saturated carbocycles. The van der Waals surface area contributed by atoms with Crippen LogP contribution in [0.5, 0.6) is 0 Å². The number of benzene rings is 1. The minimum atomic E-state index is 0. The molecule has 1 aromatic carbocycles. The number of rotatable bonds is 11. The van der Waals surface area contributed by atoms with E-state index >= 15 is 0 Å². The largest absolute Gasteiger partial charge is 0.374 e. The lowest BCUT2D eigenvalue weighted by Gasteiger charge is -2.20. The van der Waals surface area contributed by atoms with Gasteiger partial charge in [0.25, 0.3) is 0 Å². The molecule has 1 heterocycles. The zero-order chi connectivity index (χ0) is 20.7. The Morgan fingerprint density at radius 1 is 1.10 bits per heavy atom. The fourth-order valence-corrected chi connectivity index (χ4v) is 3.51. The summed E-state index contributed by atoms with van der Waals surface area (Å²) in [6, 6.07) is 10.4. The van der Waals surface area contributed by atoms with Crippen LogP contribution >= 0.6 is 24.0 Å². The van der Waals surface area contributed by atoms with Gasteiger partial charge in [-0.1, -0.05) is 30.3 Å².